The number of ether oxygens (including phenoxy) is 1. The third-order valence-corrected chi connectivity index (χ3v) is 2.82. The van der Waals surface area contributed by atoms with Crippen LogP contribution in [0.3, 0.4) is 0 Å². The van der Waals surface area contributed by atoms with E-state index in [0.29, 0.717) is 5.69 Å². The van der Waals surface area contributed by atoms with Crippen molar-refractivity contribution >= 4 is 17.6 Å². The second kappa shape index (κ2) is 4.99. The van der Waals surface area contributed by atoms with Gasteiger partial charge in [-0.25, -0.2) is 4.79 Å². The van der Waals surface area contributed by atoms with E-state index in [1.54, 1.807) is 6.92 Å². The van der Waals surface area contributed by atoms with Gasteiger partial charge in [0.05, 0.1) is 6.61 Å². The van der Waals surface area contributed by atoms with Gasteiger partial charge in [0.15, 0.2) is 0 Å². The van der Waals surface area contributed by atoms with E-state index >= 15 is 0 Å². The second-order valence-corrected chi connectivity index (χ2v) is 4.01. The zero-order valence-electron chi connectivity index (χ0n) is 9.79. The lowest BCUT2D eigenvalue weighted by atomic mass is 10.1. The number of hydrogen-bond donors (Lipinski definition) is 1. The van der Waals surface area contributed by atoms with Crippen molar-refractivity contribution in [2.24, 2.45) is 0 Å². The molecule has 0 aliphatic heterocycles. The Balaban J connectivity index is 2.04. The summed E-state index contributed by atoms with van der Waals surface area (Å²) in [4.78, 5) is 22.6. The van der Waals surface area contributed by atoms with Crippen molar-refractivity contribution in [1.82, 2.24) is 0 Å². The van der Waals surface area contributed by atoms with Gasteiger partial charge in [-0.15, -0.1) is 0 Å². The van der Waals surface area contributed by atoms with E-state index in [1.165, 1.54) is 11.1 Å². The van der Waals surface area contributed by atoms with Crippen molar-refractivity contribution < 1.29 is 14.3 Å². The van der Waals surface area contributed by atoms with Crippen molar-refractivity contribution in [3.63, 3.8) is 0 Å². The molecule has 0 saturated heterocycles. The lowest BCUT2D eigenvalue weighted by molar-refractivity contribution is -0.152. The van der Waals surface area contributed by atoms with Gasteiger partial charge in [0.2, 0.25) is 0 Å². The molecule has 2 rings (SSSR count). The van der Waals surface area contributed by atoms with E-state index in [9.17, 15) is 9.59 Å². The number of rotatable bonds is 2. The molecule has 1 aliphatic carbocycles. The van der Waals surface area contributed by atoms with Crippen LogP contribution in [0.5, 0.6) is 0 Å². The highest BCUT2D eigenvalue weighted by molar-refractivity contribution is 6.37. The summed E-state index contributed by atoms with van der Waals surface area (Å²) in [7, 11) is 0. The third-order valence-electron chi connectivity index (χ3n) is 2.82. The molecule has 0 aromatic heterocycles. The fraction of sp³-hybridized carbons (Fsp3) is 0.385. The van der Waals surface area contributed by atoms with Crippen molar-refractivity contribution in [3.05, 3.63) is 29.3 Å². The first-order chi connectivity index (χ1) is 8.20. The molecule has 0 fully saturated rings. The molecule has 90 valence electrons. The largest absolute Gasteiger partial charge is 0.459 e. The van der Waals surface area contributed by atoms with Crippen LogP contribution in [0.15, 0.2) is 18.2 Å². The first-order valence-electron chi connectivity index (χ1n) is 5.80. The zero-order chi connectivity index (χ0) is 12.3. The maximum Gasteiger partial charge on any atom is 0.397 e. The molecular weight excluding hydrogens is 218 g/mol. The first-order valence-corrected chi connectivity index (χ1v) is 5.80. The van der Waals surface area contributed by atoms with Crippen LogP contribution in [0.25, 0.3) is 0 Å². The molecular formula is C13H15NO3. The first kappa shape index (κ1) is 11.6. The predicted molar refractivity (Wildman–Crippen MR) is 63.7 cm³/mol. The fourth-order valence-corrected chi connectivity index (χ4v) is 2.03. The van der Waals surface area contributed by atoms with Crippen LogP contribution in [0.2, 0.25) is 0 Å². The number of amides is 1. The van der Waals surface area contributed by atoms with Gasteiger partial charge in [-0.3, -0.25) is 4.79 Å². The molecule has 4 heteroatoms. The Morgan fingerprint density at radius 2 is 2.06 bits per heavy atom. The van der Waals surface area contributed by atoms with Gasteiger partial charge < -0.3 is 10.1 Å². The minimum Gasteiger partial charge on any atom is -0.459 e. The van der Waals surface area contributed by atoms with Gasteiger partial charge in [0.25, 0.3) is 0 Å². The summed E-state index contributed by atoms with van der Waals surface area (Å²) in [6.45, 7) is 1.87. The fourth-order valence-electron chi connectivity index (χ4n) is 2.03. The Morgan fingerprint density at radius 3 is 2.82 bits per heavy atom. The molecule has 1 aromatic rings. The SMILES string of the molecule is CCOC(=O)C(=O)Nc1ccc2c(c1)CCC2. The lowest BCUT2D eigenvalue weighted by Gasteiger charge is -2.06. The monoisotopic (exact) mass is 233 g/mol. The number of fused-ring (bicyclic) bond motifs is 1. The molecule has 1 amide bonds. The molecule has 0 unspecified atom stereocenters. The summed E-state index contributed by atoms with van der Waals surface area (Å²) in [5.41, 5.74) is 3.24. The Kier molecular flexibility index (Phi) is 3.42. The summed E-state index contributed by atoms with van der Waals surface area (Å²) in [6.07, 6.45) is 3.30. The smallest absolute Gasteiger partial charge is 0.397 e. The summed E-state index contributed by atoms with van der Waals surface area (Å²) >= 11 is 0. The predicted octanol–water partition coefficient (Wildman–Crippen LogP) is 1.68. The maximum absolute atomic E-state index is 11.4. The average molecular weight is 233 g/mol. The van der Waals surface area contributed by atoms with Crippen LogP contribution in [-0.4, -0.2) is 18.5 Å². The van der Waals surface area contributed by atoms with E-state index in [4.69, 9.17) is 0 Å². The summed E-state index contributed by atoms with van der Waals surface area (Å²) in [5, 5.41) is 2.54. The van der Waals surface area contributed by atoms with E-state index < -0.39 is 11.9 Å². The van der Waals surface area contributed by atoms with Gasteiger partial charge in [-0.1, -0.05) is 6.07 Å². The van der Waals surface area contributed by atoms with Crippen molar-refractivity contribution in [3.8, 4) is 0 Å². The van der Waals surface area contributed by atoms with E-state index in [0.717, 1.165) is 19.3 Å². The molecule has 0 spiro atoms. The Bertz CT molecular complexity index is 454. The van der Waals surface area contributed by atoms with Crippen LogP contribution >= 0.6 is 0 Å². The Morgan fingerprint density at radius 1 is 1.29 bits per heavy atom. The van der Waals surface area contributed by atoms with Crippen LogP contribution < -0.4 is 5.32 Å². The Hall–Kier alpha value is -1.84. The van der Waals surface area contributed by atoms with E-state index in [2.05, 4.69) is 10.1 Å². The van der Waals surface area contributed by atoms with Gasteiger partial charge in [0, 0.05) is 5.69 Å². The number of anilines is 1. The molecule has 17 heavy (non-hydrogen) atoms. The average Bonchev–Trinajstić information content (AvgIpc) is 2.76. The van der Waals surface area contributed by atoms with Gasteiger partial charge in [-0.05, 0) is 49.4 Å². The third kappa shape index (κ3) is 2.64. The molecule has 1 aliphatic rings. The molecule has 0 atom stereocenters. The molecule has 0 heterocycles. The zero-order valence-corrected chi connectivity index (χ0v) is 9.79. The van der Waals surface area contributed by atoms with Crippen molar-refractivity contribution in [2.75, 3.05) is 11.9 Å². The minimum atomic E-state index is -0.840. The lowest BCUT2D eigenvalue weighted by Crippen LogP contribution is -2.25. The van der Waals surface area contributed by atoms with E-state index in [-0.39, 0.29) is 6.61 Å². The topological polar surface area (TPSA) is 55.4 Å². The highest BCUT2D eigenvalue weighted by Crippen LogP contribution is 2.24. The Labute approximate surface area is 100.0 Å². The van der Waals surface area contributed by atoms with Gasteiger partial charge >= 0.3 is 11.9 Å². The van der Waals surface area contributed by atoms with Crippen LogP contribution in [0, 0.1) is 0 Å². The minimum absolute atomic E-state index is 0.205. The standard InChI is InChI=1S/C13H15NO3/c1-2-17-13(16)12(15)14-11-7-6-9-4-3-5-10(9)8-11/h6-8H,2-5H2,1H3,(H,14,15). The van der Waals surface area contributed by atoms with Crippen molar-refractivity contribution in [1.29, 1.82) is 0 Å². The summed E-state index contributed by atoms with van der Waals surface area (Å²) in [5.74, 6) is -1.56. The molecule has 0 saturated carbocycles. The molecule has 4 nitrogen and oxygen atoms in total. The number of esters is 1. The number of hydrogen-bond acceptors (Lipinski definition) is 3. The van der Waals surface area contributed by atoms with Crippen LogP contribution in [-0.2, 0) is 27.2 Å². The number of benzene rings is 1. The highest BCUT2D eigenvalue weighted by Gasteiger charge is 2.16. The number of carbonyl (C=O) groups is 2. The number of carbonyl (C=O) groups excluding carboxylic acids is 2. The van der Waals surface area contributed by atoms with Crippen molar-refractivity contribution in [2.45, 2.75) is 26.2 Å². The molecule has 1 aromatic carbocycles. The molecule has 1 N–H and O–H groups in total. The van der Waals surface area contributed by atoms with Gasteiger partial charge in [0.1, 0.15) is 0 Å². The molecule has 0 bridgehead atoms. The summed E-state index contributed by atoms with van der Waals surface area (Å²) in [6, 6.07) is 5.75. The van der Waals surface area contributed by atoms with Crippen LogP contribution in [0.1, 0.15) is 24.5 Å². The molecule has 0 radical (unpaired) electrons. The quantitative estimate of drug-likeness (QED) is 0.624. The number of aryl methyl sites for hydroxylation is 2. The highest BCUT2D eigenvalue weighted by atomic mass is 16.5. The second-order valence-electron chi connectivity index (χ2n) is 4.01. The normalized spacial score (nSPS) is 13.0. The summed E-state index contributed by atoms with van der Waals surface area (Å²) < 4.78 is 4.62. The van der Waals surface area contributed by atoms with Crippen LogP contribution in [0.4, 0.5) is 5.69 Å². The maximum atomic E-state index is 11.4. The van der Waals surface area contributed by atoms with E-state index in [1.807, 2.05) is 18.2 Å². The number of nitrogens with one attached hydrogen (secondary N) is 1. The van der Waals surface area contributed by atoms with Gasteiger partial charge in [-0.2, -0.15) is 0 Å².